The minimum absolute atomic E-state index is 0. The molecule has 3 rings (SSSR count). The molecular formula is C19H24IN5O2. The molecule has 7 nitrogen and oxygen atoms in total. The molecule has 0 unspecified atom stereocenters. The third-order valence-electron chi connectivity index (χ3n) is 3.83. The van der Waals surface area contributed by atoms with Crippen molar-refractivity contribution in [3.05, 3.63) is 59.8 Å². The van der Waals surface area contributed by atoms with Crippen LogP contribution in [0.25, 0.3) is 11.5 Å². The van der Waals surface area contributed by atoms with E-state index in [9.17, 15) is 0 Å². The number of oxazole rings is 1. The standard InChI is InChI=1S/C19H23N5O2.HI/c1-13(2)17-9-16(26-24-17)11-22-19(20-3)21-10-15-12-25-18(23-15)14-7-5-4-6-8-14;/h4-9,12-13H,10-11H2,1-3H3,(H2,20,21,22);1H. The Balaban J connectivity index is 0.00000261. The number of halogens is 1. The molecule has 8 heteroatoms. The summed E-state index contributed by atoms with van der Waals surface area (Å²) in [6.45, 7) is 5.17. The lowest BCUT2D eigenvalue weighted by atomic mass is 10.1. The molecule has 0 amide bonds. The number of nitrogens with one attached hydrogen (secondary N) is 2. The summed E-state index contributed by atoms with van der Waals surface area (Å²) in [5.41, 5.74) is 2.70. The number of aromatic nitrogens is 2. The van der Waals surface area contributed by atoms with Gasteiger partial charge < -0.3 is 19.6 Å². The maximum absolute atomic E-state index is 5.54. The molecule has 0 spiro atoms. The molecule has 2 heterocycles. The molecule has 27 heavy (non-hydrogen) atoms. The highest BCUT2D eigenvalue weighted by atomic mass is 127. The molecule has 0 aliphatic carbocycles. The summed E-state index contributed by atoms with van der Waals surface area (Å²) >= 11 is 0. The summed E-state index contributed by atoms with van der Waals surface area (Å²) in [4.78, 5) is 8.69. The number of hydrogen-bond acceptors (Lipinski definition) is 5. The molecule has 144 valence electrons. The first kappa shape index (κ1) is 20.9. The van der Waals surface area contributed by atoms with Crippen molar-refractivity contribution < 1.29 is 8.94 Å². The fraction of sp³-hybridized carbons (Fsp3) is 0.316. The van der Waals surface area contributed by atoms with Gasteiger partial charge in [0.05, 0.1) is 24.5 Å². The molecule has 0 saturated carbocycles. The predicted molar refractivity (Wildman–Crippen MR) is 115 cm³/mol. The van der Waals surface area contributed by atoms with Gasteiger partial charge in [0, 0.05) is 18.7 Å². The zero-order chi connectivity index (χ0) is 18.4. The van der Waals surface area contributed by atoms with Gasteiger partial charge in [-0.2, -0.15) is 0 Å². The first-order chi connectivity index (χ1) is 12.7. The Bertz CT molecular complexity index is 858. The molecule has 0 atom stereocenters. The second kappa shape index (κ2) is 10.1. The van der Waals surface area contributed by atoms with Crippen LogP contribution in [-0.4, -0.2) is 23.1 Å². The van der Waals surface area contributed by atoms with Crippen molar-refractivity contribution in [3.8, 4) is 11.5 Å². The van der Waals surface area contributed by atoms with Gasteiger partial charge in [0.15, 0.2) is 11.7 Å². The quantitative estimate of drug-likeness (QED) is 0.315. The summed E-state index contributed by atoms with van der Waals surface area (Å²) in [5.74, 6) is 2.37. The number of guanidine groups is 1. The SMILES string of the molecule is CN=C(NCc1coc(-c2ccccc2)n1)NCc1cc(C(C)C)no1.I. The van der Waals surface area contributed by atoms with Crippen molar-refractivity contribution in [1.82, 2.24) is 20.8 Å². The fourth-order valence-corrected chi connectivity index (χ4v) is 2.35. The van der Waals surface area contributed by atoms with E-state index in [0.717, 1.165) is 22.7 Å². The minimum atomic E-state index is 0. The molecule has 2 aromatic heterocycles. The summed E-state index contributed by atoms with van der Waals surface area (Å²) in [6.07, 6.45) is 1.65. The van der Waals surface area contributed by atoms with Crippen molar-refractivity contribution in [2.45, 2.75) is 32.9 Å². The molecule has 2 N–H and O–H groups in total. The fourth-order valence-electron chi connectivity index (χ4n) is 2.35. The Morgan fingerprint density at radius 2 is 1.89 bits per heavy atom. The van der Waals surface area contributed by atoms with E-state index >= 15 is 0 Å². The Hall–Kier alpha value is -2.36. The van der Waals surface area contributed by atoms with Crippen LogP contribution in [0.4, 0.5) is 0 Å². The van der Waals surface area contributed by atoms with E-state index in [-0.39, 0.29) is 24.0 Å². The lowest BCUT2D eigenvalue weighted by molar-refractivity contribution is 0.372. The van der Waals surface area contributed by atoms with Crippen LogP contribution >= 0.6 is 24.0 Å². The Morgan fingerprint density at radius 3 is 2.56 bits per heavy atom. The molecule has 0 aliphatic heterocycles. The van der Waals surface area contributed by atoms with Crippen molar-refractivity contribution in [2.75, 3.05) is 7.05 Å². The number of aliphatic imine (C=N–C) groups is 1. The summed E-state index contributed by atoms with van der Waals surface area (Å²) < 4.78 is 10.8. The second-order valence-electron chi connectivity index (χ2n) is 6.16. The average molecular weight is 481 g/mol. The van der Waals surface area contributed by atoms with E-state index < -0.39 is 0 Å². The number of rotatable bonds is 6. The van der Waals surface area contributed by atoms with Crippen LogP contribution in [0.2, 0.25) is 0 Å². The van der Waals surface area contributed by atoms with Crippen LogP contribution in [0, 0.1) is 0 Å². The Labute approximate surface area is 175 Å². The largest absolute Gasteiger partial charge is 0.444 e. The van der Waals surface area contributed by atoms with Gasteiger partial charge in [-0.05, 0) is 18.1 Å². The predicted octanol–water partition coefficient (Wildman–Crippen LogP) is 3.94. The number of benzene rings is 1. The molecule has 1 aromatic carbocycles. The van der Waals surface area contributed by atoms with Crippen molar-refractivity contribution in [2.24, 2.45) is 4.99 Å². The smallest absolute Gasteiger partial charge is 0.226 e. The van der Waals surface area contributed by atoms with Gasteiger partial charge >= 0.3 is 0 Å². The average Bonchev–Trinajstić information content (AvgIpc) is 3.32. The van der Waals surface area contributed by atoms with Crippen molar-refractivity contribution in [3.63, 3.8) is 0 Å². The molecule has 0 bridgehead atoms. The highest BCUT2D eigenvalue weighted by Crippen LogP contribution is 2.17. The van der Waals surface area contributed by atoms with Gasteiger partial charge in [0.1, 0.15) is 6.26 Å². The van der Waals surface area contributed by atoms with Crippen LogP contribution in [0.1, 0.15) is 36.9 Å². The first-order valence-corrected chi connectivity index (χ1v) is 8.55. The molecule has 0 saturated heterocycles. The van der Waals surface area contributed by atoms with Gasteiger partial charge in [0.25, 0.3) is 0 Å². The molecular weight excluding hydrogens is 457 g/mol. The minimum Gasteiger partial charge on any atom is -0.444 e. The third-order valence-corrected chi connectivity index (χ3v) is 3.83. The summed E-state index contributed by atoms with van der Waals surface area (Å²) in [5, 5.41) is 10.4. The van der Waals surface area contributed by atoms with Gasteiger partial charge in [-0.1, -0.05) is 37.2 Å². The molecule has 0 aliphatic rings. The monoisotopic (exact) mass is 481 g/mol. The normalized spacial score (nSPS) is 11.3. The van der Waals surface area contributed by atoms with Crippen LogP contribution in [-0.2, 0) is 13.1 Å². The highest BCUT2D eigenvalue weighted by Gasteiger charge is 2.09. The Morgan fingerprint density at radius 1 is 1.15 bits per heavy atom. The summed E-state index contributed by atoms with van der Waals surface area (Å²) in [7, 11) is 1.72. The van der Waals surface area contributed by atoms with Gasteiger partial charge in [-0.25, -0.2) is 4.98 Å². The second-order valence-corrected chi connectivity index (χ2v) is 6.16. The van der Waals surface area contributed by atoms with Crippen LogP contribution in [0.3, 0.4) is 0 Å². The highest BCUT2D eigenvalue weighted by molar-refractivity contribution is 14.0. The van der Waals surface area contributed by atoms with Gasteiger partial charge in [0.2, 0.25) is 5.89 Å². The lowest BCUT2D eigenvalue weighted by Gasteiger charge is -2.09. The van der Waals surface area contributed by atoms with E-state index in [4.69, 9.17) is 8.94 Å². The lowest BCUT2D eigenvalue weighted by Crippen LogP contribution is -2.36. The zero-order valence-electron chi connectivity index (χ0n) is 15.6. The van der Waals surface area contributed by atoms with E-state index in [0.29, 0.717) is 30.9 Å². The maximum atomic E-state index is 5.54. The van der Waals surface area contributed by atoms with Crippen molar-refractivity contribution in [1.29, 1.82) is 0 Å². The van der Waals surface area contributed by atoms with Gasteiger partial charge in [-0.3, -0.25) is 4.99 Å². The molecule has 0 radical (unpaired) electrons. The van der Waals surface area contributed by atoms with E-state index in [1.54, 1.807) is 13.3 Å². The van der Waals surface area contributed by atoms with E-state index in [2.05, 4.69) is 39.6 Å². The summed E-state index contributed by atoms with van der Waals surface area (Å²) in [6, 6.07) is 11.8. The number of nitrogens with zero attached hydrogens (tertiary/aromatic N) is 3. The molecule has 3 aromatic rings. The number of hydrogen-bond donors (Lipinski definition) is 2. The van der Waals surface area contributed by atoms with Crippen molar-refractivity contribution >= 4 is 29.9 Å². The van der Waals surface area contributed by atoms with Crippen LogP contribution < -0.4 is 10.6 Å². The van der Waals surface area contributed by atoms with Crippen LogP contribution in [0.5, 0.6) is 0 Å². The zero-order valence-corrected chi connectivity index (χ0v) is 17.9. The first-order valence-electron chi connectivity index (χ1n) is 8.55. The topological polar surface area (TPSA) is 88.5 Å². The van der Waals surface area contributed by atoms with E-state index in [1.165, 1.54) is 0 Å². The maximum Gasteiger partial charge on any atom is 0.226 e. The molecule has 0 fully saturated rings. The van der Waals surface area contributed by atoms with E-state index in [1.807, 2.05) is 36.4 Å². The Kier molecular flexibility index (Phi) is 7.83. The van der Waals surface area contributed by atoms with Gasteiger partial charge in [-0.15, -0.1) is 24.0 Å². The third kappa shape index (κ3) is 5.81. The van der Waals surface area contributed by atoms with Crippen LogP contribution in [0.15, 0.2) is 56.6 Å².